The molecule has 5 nitrogen and oxygen atoms in total. The van der Waals surface area contributed by atoms with Gasteiger partial charge in [0.1, 0.15) is 5.72 Å². The van der Waals surface area contributed by atoms with E-state index in [-0.39, 0.29) is 18.1 Å². The molecule has 0 saturated carbocycles. The molecule has 3 atom stereocenters. The van der Waals surface area contributed by atoms with Crippen LogP contribution in [0.15, 0.2) is 42.7 Å². The predicted octanol–water partition coefficient (Wildman–Crippen LogP) is 4.40. The van der Waals surface area contributed by atoms with E-state index in [0.29, 0.717) is 6.04 Å². The Bertz CT molecular complexity index is 645. The van der Waals surface area contributed by atoms with E-state index in [1.165, 1.54) is 12.0 Å². The molecule has 4 rings (SSSR count). The number of nitrogens with zero attached hydrogens (tertiary/aromatic N) is 1. The summed E-state index contributed by atoms with van der Waals surface area (Å²) >= 11 is 0. The van der Waals surface area contributed by atoms with Crippen LogP contribution in [0.2, 0.25) is 0 Å². The van der Waals surface area contributed by atoms with E-state index in [9.17, 15) is 0 Å². The van der Waals surface area contributed by atoms with Crippen LogP contribution in [0, 0.1) is 0 Å². The molecular formula is C23H33NO4. The summed E-state index contributed by atoms with van der Waals surface area (Å²) in [6, 6.07) is 11.5. The third-order valence-corrected chi connectivity index (χ3v) is 6.45. The van der Waals surface area contributed by atoms with E-state index in [4.69, 9.17) is 18.9 Å². The SMILES string of the molecule is C=C(C[C@@H]1CCC[C@]2(CCCC3OCCO3)OC[C@@H](c3ccccc3)N12)OC. The Hall–Kier alpha value is -1.40. The molecule has 3 aliphatic heterocycles. The average Bonchev–Trinajstić information content (AvgIpc) is 3.37. The van der Waals surface area contributed by atoms with Gasteiger partial charge in [-0.2, -0.15) is 0 Å². The van der Waals surface area contributed by atoms with Crippen LogP contribution >= 0.6 is 0 Å². The van der Waals surface area contributed by atoms with Crippen molar-refractivity contribution in [2.75, 3.05) is 26.9 Å². The quantitative estimate of drug-likeness (QED) is 0.618. The fraction of sp³-hybridized carbons (Fsp3) is 0.652. The number of fused-ring (bicyclic) bond motifs is 1. The Morgan fingerprint density at radius 1 is 1.25 bits per heavy atom. The van der Waals surface area contributed by atoms with Crippen LogP contribution in [0.1, 0.15) is 56.6 Å². The normalized spacial score (nSPS) is 31.0. The third-order valence-electron chi connectivity index (χ3n) is 6.45. The second-order valence-electron chi connectivity index (χ2n) is 8.15. The zero-order chi connectivity index (χ0) is 19.4. The minimum Gasteiger partial charge on any atom is -0.502 e. The highest BCUT2D eigenvalue weighted by Crippen LogP contribution is 2.49. The Balaban J connectivity index is 1.53. The first kappa shape index (κ1) is 19.9. The van der Waals surface area contributed by atoms with E-state index in [1.54, 1.807) is 7.11 Å². The van der Waals surface area contributed by atoms with Crippen molar-refractivity contribution in [2.24, 2.45) is 0 Å². The maximum Gasteiger partial charge on any atom is 0.157 e. The van der Waals surface area contributed by atoms with Crippen LogP contribution in [-0.4, -0.2) is 49.9 Å². The standard InChI is InChI=1S/C23H33NO4/c1-18(25-2)16-20-10-6-12-23(13-7-11-22-26-14-15-27-22)24(20)21(17-28-23)19-8-4-3-5-9-19/h3-5,8-9,20-22H,1,6-7,10-17H2,2H3/t20-,21-,23+/m0/s1. The number of ether oxygens (including phenoxy) is 4. The van der Waals surface area contributed by atoms with Gasteiger partial charge in [0, 0.05) is 12.5 Å². The average molecular weight is 388 g/mol. The highest BCUT2D eigenvalue weighted by molar-refractivity contribution is 5.22. The van der Waals surface area contributed by atoms with Crippen molar-refractivity contribution < 1.29 is 18.9 Å². The molecule has 0 unspecified atom stereocenters. The molecule has 0 spiro atoms. The molecule has 28 heavy (non-hydrogen) atoms. The van der Waals surface area contributed by atoms with E-state index in [0.717, 1.165) is 64.1 Å². The molecule has 3 heterocycles. The monoisotopic (exact) mass is 387 g/mol. The molecule has 3 aliphatic rings. The van der Waals surface area contributed by atoms with Gasteiger partial charge in [0.2, 0.25) is 0 Å². The first-order valence-electron chi connectivity index (χ1n) is 10.6. The summed E-state index contributed by atoms with van der Waals surface area (Å²) < 4.78 is 23.3. The van der Waals surface area contributed by atoms with Gasteiger partial charge in [0.05, 0.1) is 38.7 Å². The van der Waals surface area contributed by atoms with Gasteiger partial charge in [0.15, 0.2) is 6.29 Å². The lowest BCUT2D eigenvalue weighted by molar-refractivity contribution is -0.140. The fourth-order valence-corrected chi connectivity index (χ4v) is 5.14. The summed E-state index contributed by atoms with van der Waals surface area (Å²) in [7, 11) is 1.72. The van der Waals surface area contributed by atoms with Gasteiger partial charge in [-0.15, -0.1) is 0 Å². The van der Waals surface area contributed by atoms with Crippen molar-refractivity contribution in [3.8, 4) is 0 Å². The van der Waals surface area contributed by atoms with Crippen molar-refractivity contribution in [1.29, 1.82) is 0 Å². The summed E-state index contributed by atoms with van der Waals surface area (Å²) in [5.41, 5.74) is 1.14. The van der Waals surface area contributed by atoms with Crippen LogP contribution in [0.25, 0.3) is 0 Å². The van der Waals surface area contributed by atoms with Crippen molar-refractivity contribution in [2.45, 2.75) is 69.0 Å². The van der Waals surface area contributed by atoms with Crippen molar-refractivity contribution in [3.05, 3.63) is 48.2 Å². The highest BCUT2D eigenvalue weighted by atomic mass is 16.7. The lowest BCUT2D eigenvalue weighted by atomic mass is 9.86. The Morgan fingerprint density at radius 2 is 2.04 bits per heavy atom. The molecule has 154 valence electrons. The third kappa shape index (κ3) is 4.13. The van der Waals surface area contributed by atoms with Crippen LogP contribution < -0.4 is 0 Å². The molecule has 1 aromatic rings. The molecule has 0 aromatic heterocycles. The molecule has 3 saturated heterocycles. The summed E-state index contributed by atoms with van der Waals surface area (Å²) in [4.78, 5) is 2.65. The van der Waals surface area contributed by atoms with Crippen LogP contribution in [-0.2, 0) is 18.9 Å². The second kappa shape index (κ2) is 8.95. The number of rotatable bonds is 8. The minimum atomic E-state index is -0.198. The van der Waals surface area contributed by atoms with Crippen LogP contribution in [0.3, 0.4) is 0 Å². The highest BCUT2D eigenvalue weighted by Gasteiger charge is 2.52. The lowest BCUT2D eigenvalue weighted by Gasteiger charge is -2.48. The minimum absolute atomic E-state index is 0.0381. The zero-order valence-corrected chi connectivity index (χ0v) is 17.0. The number of hydrogen-bond donors (Lipinski definition) is 0. The van der Waals surface area contributed by atoms with E-state index >= 15 is 0 Å². The topological polar surface area (TPSA) is 40.2 Å². The summed E-state index contributed by atoms with van der Waals surface area (Å²) in [6.45, 7) is 6.28. The number of methoxy groups -OCH3 is 1. The molecule has 0 amide bonds. The molecular weight excluding hydrogens is 354 g/mol. The smallest absolute Gasteiger partial charge is 0.157 e. The van der Waals surface area contributed by atoms with Gasteiger partial charge in [-0.3, -0.25) is 4.90 Å². The largest absolute Gasteiger partial charge is 0.502 e. The van der Waals surface area contributed by atoms with Crippen LogP contribution in [0.5, 0.6) is 0 Å². The maximum absolute atomic E-state index is 6.60. The molecule has 0 bridgehead atoms. The number of benzene rings is 1. The molecule has 0 N–H and O–H groups in total. The fourth-order valence-electron chi connectivity index (χ4n) is 5.14. The lowest BCUT2D eigenvalue weighted by Crippen LogP contribution is -2.54. The first-order chi connectivity index (χ1) is 13.7. The predicted molar refractivity (Wildman–Crippen MR) is 108 cm³/mol. The second-order valence-corrected chi connectivity index (χ2v) is 8.15. The van der Waals surface area contributed by atoms with Gasteiger partial charge >= 0.3 is 0 Å². The van der Waals surface area contributed by atoms with E-state index in [2.05, 4.69) is 41.8 Å². The number of hydrogen-bond acceptors (Lipinski definition) is 5. The summed E-state index contributed by atoms with van der Waals surface area (Å²) in [6.07, 6.45) is 7.23. The van der Waals surface area contributed by atoms with Crippen molar-refractivity contribution in [1.82, 2.24) is 4.90 Å². The van der Waals surface area contributed by atoms with Gasteiger partial charge in [-0.05, 0) is 44.1 Å². The zero-order valence-electron chi connectivity index (χ0n) is 17.0. The van der Waals surface area contributed by atoms with Crippen LogP contribution in [0.4, 0.5) is 0 Å². The maximum atomic E-state index is 6.60. The Morgan fingerprint density at radius 3 is 2.79 bits per heavy atom. The molecule has 3 fully saturated rings. The Kier molecular flexibility index (Phi) is 6.36. The van der Waals surface area contributed by atoms with Crippen molar-refractivity contribution >= 4 is 0 Å². The van der Waals surface area contributed by atoms with Crippen molar-refractivity contribution in [3.63, 3.8) is 0 Å². The van der Waals surface area contributed by atoms with E-state index in [1.807, 2.05) is 0 Å². The van der Waals surface area contributed by atoms with Gasteiger partial charge in [-0.1, -0.05) is 36.9 Å². The Labute approximate surface area is 168 Å². The van der Waals surface area contributed by atoms with Gasteiger partial charge in [0.25, 0.3) is 0 Å². The molecule has 1 aromatic carbocycles. The molecule has 0 radical (unpaired) electrons. The van der Waals surface area contributed by atoms with E-state index < -0.39 is 0 Å². The van der Waals surface area contributed by atoms with Gasteiger partial charge in [-0.25, -0.2) is 0 Å². The van der Waals surface area contributed by atoms with Gasteiger partial charge < -0.3 is 18.9 Å². The first-order valence-corrected chi connectivity index (χ1v) is 10.6. The molecule has 5 heteroatoms. The summed E-state index contributed by atoms with van der Waals surface area (Å²) in [5.74, 6) is 0.854. The number of piperidine rings is 1. The summed E-state index contributed by atoms with van der Waals surface area (Å²) in [5, 5.41) is 0. The molecule has 0 aliphatic carbocycles.